The van der Waals surface area contributed by atoms with E-state index in [0.29, 0.717) is 15.6 Å². The van der Waals surface area contributed by atoms with Crippen molar-refractivity contribution < 1.29 is 19.4 Å². The van der Waals surface area contributed by atoms with Crippen LogP contribution in [0, 0.1) is 0 Å². The van der Waals surface area contributed by atoms with Crippen LogP contribution in [-0.4, -0.2) is 24.2 Å². The molecule has 16 heavy (non-hydrogen) atoms. The summed E-state index contributed by atoms with van der Waals surface area (Å²) in [5.74, 6) is -1.45. The van der Waals surface area contributed by atoms with Crippen molar-refractivity contribution >= 4 is 33.4 Å². The number of carbonyl (C=O) groups excluding carboxylic acids is 1. The Bertz CT molecular complexity index is 570. The lowest BCUT2D eigenvalue weighted by atomic mass is 10.1. The third-order valence-corrected chi connectivity index (χ3v) is 3.26. The zero-order valence-electron chi connectivity index (χ0n) is 8.39. The molecule has 5 heteroatoms. The Morgan fingerprint density at radius 2 is 2.06 bits per heavy atom. The molecule has 0 aliphatic carbocycles. The molecule has 0 saturated heterocycles. The van der Waals surface area contributed by atoms with Crippen LogP contribution in [0.4, 0.5) is 0 Å². The molecule has 0 fully saturated rings. The number of esters is 1. The van der Waals surface area contributed by atoms with E-state index in [1.165, 1.54) is 23.8 Å². The third kappa shape index (κ3) is 1.55. The quantitative estimate of drug-likeness (QED) is 0.813. The summed E-state index contributed by atoms with van der Waals surface area (Å²) in [5.41, 5.74) is 0.614. The lowest BCUT2D eigenvalue weighted by Gasteiger charge is -2.00. The zero-order valence-corrected chi connectivity index (χ0v) is 9.21. The second-order valence-electron chi connectivity index (χ2n) is 3.13. The fourth-order valence-electron chi connectivity index (χ4n) is 1.49. The summed E-state index contributed by atoms with van der Waals surface area (Å²) >= 11 is 1.23. The number of fused-ring (bicyclic) bond motifs is 1. The van der Waals surface area contributed by atoms with Crippen molar-refractivity contribution in [3.63, 3.8) is 0 Å². The molecule has 82 valence electrons. The van der Waals surface area contributed by atoms with Gasteiger partial charge < -0.3 is 9.84 Å². The van der Waals surface area contributed by atoms with E-state index >= 15 is 0 Å². The van der Waals surface area contributed by atoms with Gasteiger partial charge in [-0.3, -0.25) is 0 Å². The minimum absolute atomic E-state index is 0.214. The molecule has 0 aliphatic rings. The Morgan fingerprint density at radius 3 is 2.69 bits per heavy atom. The number of hydrogen-bond donors (Lipinski definition) is 1. The Balaban J connectivity index is 2.71. The van der Waals surface area contributed by atoms with E-state index < -0.39 is 11.9 Å². The van der Waals surface area contributed by atoms with Crippen LogP contribution in [0.15, 0.2) is 23.6 Å². The van der Waals surface area contributed by atoms with Crippen molar-refractivity contribution in [3.05, 3.63) is 34.7 Å². The minimum Gasteiger partial charge on any atom is -0.478 e. The molecule has 1 aromatic carbocycles. The second-order valence-corrected chi connectivity index (χ2v) is 4.01. The van der Waals surface area contributed by atoms with Crippen LogP contribution >= 0.6 is 11.3 Å². The van der Waals surface area contributed by atoms with Crippen molar-refractivity contribution in [2.75, 3.05) is 7.11 Å². The predicted octanol–water partition coefficient (Wildman–Crippen LogP) is 2.39. The number of carbonyl (C=O) groups is 2. The minimum atomic E-state index is -0.992. The van der Waals surface area contributed by atoms with E-state index in [1.54, 1.807) is 18.2 Å². The highest BCUT2D eigenvalue weighted by Gasteiger charge is 2.16. The Labute approximate surface area is 95.1 Å². The van der Waals surface area contributed by atoms with Gasteiger partial charge in [-0.1, -0.05) is 12.1 Å². The van der Waals surface area contributed by atoms with E-state index in [0.717, 1.165) is 0 Å². The fourth-order valence-corrected chi connectivity index (χ4v) is 2.54. The van der Waals surface area contributed by atoms with Crippen molar-refractivity contribution in [3.8, 4) is 0 Å². The van der Waals surface area contributed by atoms with Gasteiger partial charge in [0.1, 0.15) is 0 Å². The van der Waals surface area contributed by atoms with Crippen molar-refractivity contribution in [1.82, 2.24) is 0 Å². The van der Waals surface area contributed by atoms with E-state index in [2.05, 4.69) is 4.74 Å². The average Bonchev–Trinajstić information content (AvgIpc) is 2.71. The van der Waals surface area contributed by atoms with Crippen molar-refractivity contribution in [1.29, 1.82) is 0 Å². The van der Waals surface area contributed by atoms with Gasteiger partial charge in [-0.05, 0) is 6.07 Å². The summed E-state index contributed by atoms with van der Waals surface area (Å²) in [4.78, 5) is 22.4. The van der Waals surface area contributed by atoms with Crippen LogP contribution in [0.1, 0.15) is 20.7 Å². The van der Waals surface area contributed by atoms with Crippen LogP contribution in [0.2, 0.25) is 0 Å². The number of benzene rings is 1. The van der Waals surface area contributed by atoms with Gasteiger partial charge >= 0.3 is 11.9 Å². The summed E-state index contributed by atoms with van der Waals surface area (Å²) in [6.07, 6.45) is 0. The first-order valence-corrected chi connectivity index (χ1v) is 5.35. The summed E-state index contributed by atoms with van der Waals surface area (Å²) in [6.45, 7) is 0. The molecule has 0 saturated carbocycles. The Hall–Kier alpha value is -1.88. The monoisotopic (exact) mass is 236 g/mol. The van der Waals surface area contributed by atoms with Gasteiger partial charge in [-0.2, -0.15) is 0 Å². The van der Waals surface area contributed by atoms with E-state index in [-0.39, 0.29) is 5.56 Å². The van der Waals surface area contributed by atoms with E-state index in [9.17, 15) is 9.59 Å². The number of thiophene rings is 1. The van der Waals surface area contributed by atoms with Gasteiger partial charge in [0.15, 0.2) is 0 Å². The SMILES string of the molecule is COC(=O)c1cccc2c(C(=O)O)csc12. The number of aromatic carboxylic acids is 1. The van der Waals surface area contributed by atoms with Gasteiger partial charge in [0.2, 0.25) is 0 Å². The lowest BCUT2D eigenvalue weighted by molar-refractivity contribution is 0.0602. The Kier molecular flexibility index (Phi) is 2.62. The molecule has 0 atom stereocenters. The van der Waals surface area contributed by atoms with Gasteiger partial charge in [-0.15, -0.1) is 11.3 Å². The van der Waals surface area contributed by atoms with E-state index in [4.69, 9.17) is 5.11 Å². The van der Waals surface area contributed by atoms with Gasteiger partial charge in [0, 0.05) is 15.5 Å². The van der Waals surface area contributed by atoms with Crippen LogP contribution in [0.25, 0.3) is 10.1 Å². The average molecular weight is 236 g/mol. The molecule has 0 radical (unpaired) electrons. The molecule has 4 nitrogen and oxygen atoms in total. The largest absolute Gasteiger partial charge is 0.478 e. The number of ether oxygens (including phenoxy) is 1. The molecule has 2 aromatic rings. The van der Waals surface area contributed by atoms with Crippen molar-refractivity contribution in [2.45, 2.75) is 0 Å². The summed E-state index contributed by atoms with van der Waals surface area (Å²) in [5, 5.41) is 11.0. The van der Waals surface area contributed by atoms with E-state index in [1.807, 2.05) is 0 Å². The molecular weight excluding hydrogens is 228 g/mol. The first kappa shape index (κ1) is 10.6. The standard InChI is InChI=1S/C11H8O4S/c1-15-11(14)7-4-2-3-6-8(10(12)13)5-16-9(6)7/h2-5H,1H3,(H,12,13). The smallest absolute Gasteiger partial charge is 0.339 e. The van der Waals surface area contributed by atoms with Gasteiger partial charge in [0.05, 0.1) is 18.2 Å². The molecule has 1 heterocycles. The number of carboxylic acid groups (broad SMARTS) is 1. The number of methoxy groups -OCH3 is 1. The number of carboxylic acids is 1. The highest BCUT2D eigenvalue weighted by Crippen LogP contribution is 2.29. The van der Waals surface area contributed by atoms with Gasteiger partial charge in [-0.25, -0.2) is 9.59 Å². The third-order valence-electron chi connectivity index (χ3n) is 2.24. The first-order valence-electron chi connectivity index (χ1n) is 4.47. The summed E-state index contributed by atoms with van der Waals surface area (Å²) in [7, 11) is 1.30. The molecule has 1 aromatic heterocycles. The maximum Gasteiger partial charge on any atom is 0.339 e. The zero-order chi connectivity index (χ0) is 11.7. The fraction of sp³-hybridized carbons (Fsp3) is 0.0909. The molecule has 0 aliphatic heterocycles. The molecule has 0 bridgehead atoms. The number of rotatable bonds is 2. The highest BCUT2D eigenvalue weighted by atomic mass is 32.1. The molecule has 0 spiro atoms. The van der Waals surface area contributed by atoms with Crippen molar-refractivity contribution in [2.24, 2.45) is 0 Å². The summed E-state index contributed by atoms with van der Waals surface area (Å²) < 4.78 is 5.28. The topological polar surface area (TPSA) is 63.6 Å². The van der Waals surface area contributed by atoms with Crippen LogP contribution in [0.5, 0.6) is 0 Å². The lowest BCUT2D eigenvalue weighted by Crippen LogP contribution is -2.01. The maximum absolute atomic E-state index is 11.4. The molecular formula is C11H8O4S. The molecule has 0 unspecified atom stereocenters. The Morgan fingerprint density at radius 1 is 1.31 bits per heavy atom. The molecule has 2 rings (SSSR count). The van der Waals surface area contributed by atoms with Crippen LogP contribution in [-0.2, 0) is 4.74 Å². The number of hydrogen-bond acceptors (Lipinski definition) is 4. The normalized spacial score (nSPS) is 10.3. The molecule has 1 N–H and O–H groups in total. The molecule has 0 amide bonds. The van der Waals surface area contributed by atoms with Crippen LogP contribution < -0.4 is 0 Å². The van der Waals surface area contributed by atoms with Gasteiger partial charge in [0.25, 0.3) is 0 Å². The summed E-state index contributed by atoms with van der Waals surface area (Å²) in [6, 6.07) is 4.95. The first-order chi connectivity index (χ1) is 7.65. The highest BCUT2D eigenvalue weighted by molar-refractivity contribution is 7.18. The second kappa shape index (κ2) is 3.94. The van der Waals surface area contributed by atoms with Crippen LogP contribution in [0.3, 0.4) is 0 Å². The maximum atomic E-state index is 11.4. The predicted molar refractivity (Wildman–Crippen MR) is 60.1 cm³/mol.